The lowest BCUT2D eigenvalue weighted by Crippen LogP contribution is -2.21. The van der Waals surface area contributed by atoms with Gasteiger partial charge in [-0.3, -0.25) is 14.8 Å². The zero-order chi connectivity index (χ0) is 12.9. The van der Waals surface area contributed by atoms with Gasteiger partial charge in [0.25, 0.3) is 0 Å². The molecule has 11 heteroatoms. The van der Waals surface area contributed by atoms with E-state index < -0.39 is 23.5 Å². The van der Waals surface area contributed by atoms with Crippen molar-refractivity contribution in [1.29, 1.82) is 5.41 Å². The summed E-state index contributed by atoms with van der Waals surface area (Å²) in [6.07, 6.45) is -5.08. The third-order valence-electron chi connectivity index (χ3n) is 0.988. The predicted octanol–water partition coefficient (Wildman–Crippen LogP) is -0.720. The number of carboxylic acid groups (broad SMARTS) is 1. The highest BCUT2D eigenvalue weighted by atomic mass is 19.4. The number of carbonyl (C=O) groups is 1. The number of aliphatic carboxylic acids is 1. The maximum atomic E-state index is 10.6. The molecule has 0 amide bonds. The van der Waals surface area contributed by atoms with E-state index in [0.717, 1.165) is 0 Å². The Morgan fingerprint density at radius 3 is 2.12 bits per heavy atom. The quantitative estimate of drug-likeness (QED) is 0.377. The van der Waals surface area contributed by atoms with E-state index in [0.29, 0.717) is 0 Å². The summed E-state index contributed by atoms with van der Waals surface area (Å²) in [4.78, 5) is 19.3. The first kappa shape index (κ1) is 13.7. The third kappa shape index (κ3) is 4.26. The van der Waals surface area contributed by atoms with Crippen molar-refractivity contribution in [2.24, 2.45) is 5.73 Å². The molecule has 1 aromatic heterocycles. The maximum Gasteiger partial charge on any atom is 0.490 e. The highest BCUT2D eigenvalue weighted by molar-refractivity contribution is 5.92. The summed E-state index contributed by atoms with van der Waals surface area (Å²) in [7, 11) is 0. The molecule has 1 rings (SSSR count). The number of hydrogen-bond acceptors (Lipinski definition) is 5. The van der Waals surface area contributed by atoms with Crippen LogP contribution in [0.5, 0.6) is 0 Å². The fourth-order valence-corrected chi connectivity index (χ4v) is 0.371. The molecule has 0 aliphatic heterocycles. The minimum absolute atomic E-state index is 0.185. The van der Waals surface area contributed by atoms with Gasteiger partial charge in [0, 0.05) is 0 Å². The van der Waals surface area contributed by atoms with E-state index in [-0.39, 0.29) is 5.69 Å². The summed E-state index contributed by atoms with van der Waals surface area (Å²) < 4.78 is 35.8. The van der Waals surface area contributed by atoms with Crippen LogP contribution in [0.15, 0.2) is 9.42 Å². The smallest absolute Gasteiger partial charge is 0.475 e. The van der Waals surface area contributed by atoms with Crippen LogP contribution in [0.4, 0.5) is 13.2 Å². The molecule has 1 aromatic rings. The van der Waals surface area contributed by atoms with E-state index >= 15 is 0 Å². The summed E-state index contributed by atoms with van der Waals surface area (Å²) in [5.41, 5.74) is 4.13. The molecule has 8 nitrogen and oxygen atoms in total. The number of nitrogens with zero attached hydrogens (tertiary/aromatic N) is 1. The van der Waals surface area contributed by atoms with Crippen LogP contribution in [0, 0.1) is 5.41 Å². The van der Waals surface area contributed by atoms with Gasteiger partial charge in [-0.1, -0.05) is 0 Å². The van der Waals surface area contributed by atoms with Crippen molar-refractivity contribution in [3.05, 3.63) is 16.0 Å². The van der Waals surface area contributed by atoms with Crippen LogP contribution in [-0.2, 0) is 4.79 Å². The Labute approximate surface area is 84.3 Å². The van der Waals surface area contributed by atoms with Gasteiger partial charge < -0.3 is 10.8 Å². The second-order valence-electron chi connectivity index (χ2n) is 2.18. The number of nitrogen functional groups attached to an aromatic ring is 1. The van der Waals surface area contributed by atoms with Crippen molar-refractivity contribution in [3.8, 4) is 0 Å². The number of alkyl halides is 3. The lowest BCUT2D eigenvalue weighted by Gasteiger charge is -1.93. The Morgan fingerprint density at radius 2 is 2.00 bits per heavy atom. The van der Waals surface area contributed by atoms with Crippen molar-refractivity contribution in [1.82, 2.24) is 10.3 Å². The Kier molecular flexibility index (Phi) is 4.23. The van der Waals surface area contributed by atoms with Gasteiger partial charge in [-0.05, 0) is 5.16 Å². The van der Waals surface area contributed by atoms with Crippen LogP contribution in [0.25, 0.3) is 0 Å². The Bertz CT molecular complexity index is 433. The van der Waals surface area contributed by atoms with Gasteiger partial charge in [0.1, 0.15) is 0 Å². The zero-order valence-corrected chi connectivity index (χ0v) is 7.33. The van der Waals surface area contributed by atoms with E-state index in [4.69, 9.17) is 21.0 Å². The molecule has 0 aliphatic carbocycles. The van der Waals surface area contributed by atoms with E-state index in [1.165, 1.54) is 0 Å². The van der Waals surface area contributed by atoms with Crippen LogP contribution >= 0.6 is 0 Å². The number of amidine groups is 1. The number of hydrogen-bond donors (Lipinski definition) is 4. The number of rotatable bonds is 1. The number of aromatic amines is 1. The van der Waals surface area contributed by atoms with E-state index in [2.05, 4.69) is 9.79 Å². The highest BCUT2D eigenvalue weighted by Crippen LogP contribution is 2.13. The molecule has 0 unspecified atom stereocenters. The molecule has 0 bridgehead atoms. The van der Waals surface area contributed by atoms with E-state index in [1.54, 1.807) is 0 Å². The lowest BCUT2D eigenvalue weighted by molar-refractivity contribution is -0.192. The fraction of sp³-hybridized carbons (Fsp3) is 0.200. The van der Waals surface area contributed by atoms with E-state index in [1.807, 2.05) is 5.16 Å². The molecule has 0 radical (unpaired) electrons. The van der Waals surface area contributed by atoms with Crippen molar-refractivity contribution >= 4 is 11.8 Å². The fourth-order valence-electron chi connectivity index (χ4n) is 0.371. The van der Waals surface area contributed by atoms with Gasteiger partial charge in [0.15, 0.2) is 5.84 Å². The second-order valence-corrected chi connectivity index (χ2v) is 2.18. The van der Waals surface area contributed by atoms with Gasteiger partial charge in [0.05, 0.1) is 0 Å². The number of nitrogens with one attached hydrogen (secondary N) is 2. The van der Waals surface area contributed by atoms with Gasteiger partial charge in [-0.25, -0.2) is 4.79 Å². The average Bonchev–Trinajstić information content (AvgIpc) is 2.50. The van der Waals surface area contributed by atoms with Crippen molar-refractivity contribution in [2.45, 2.75) is 6.18 Å². The number of halogens is 3. The van der Waals surface area contributed by atoms with Crippen LogP contribution < -0.4 is 11.3 Å². The van der Waals surface area contributed by atoms with Crippen molar-refractivity contribution < 1.29 is 27.7 Å². The third-order valence-corrected chi connectivity index (χ3v) is 0.988. The number of nitrogens with two attached hydrogens (primary N) is 1. The van der Waals surface area contributed by atoms with Gasteiger partial charge in [-0.15, -0.1) is 0 Å². The summed E-state index contributed by atoms with van der Waals surface area (Å²) >= 11 is 0. The average molecular weight is 242 g/mol. The van der Waals surface area contributed by atoms with Crippen LogP contribution in [-0.4, -0.2) is 33.4 Å². The molecule has 0 saturated carbocycles. The normalized spacial score (nSPS) is 10.2. The minimum Gasteiger partial charge on any atom is -0.475 e. The molecule has 0 saturated heterocycles. The molecule has 5 N–H and O–H groups in total. The van der Waals surface area contributed by atoms with Crippen LogP contribution in [0.2, 0.25) is 0 Å². The molecule has 1 heterocycles. The monoisotopic (exact) mass is 242 g/mol. The molecule has 0 fully saturated rings. The highest BCUT2D eigenvalue weighted by Gasteiger charge is 2.38. The second kappa shape index (κ2) is 4.95. The first-order valence-corrected chi connectivity index (χ1v) is 3.35. The number of H-pyrrole nitrogens is 1. The molecule has 0 atom stereocenters. The Balaban J connectivity index is 0.000000293. The Morgan fingerprint density at radius 1 is 1.56 bits per heavy atom. The summed E-state index contributed by atoms with van der Waals surface area (Å²) in [6.45, 7) is 0. The molecule has 16 heavy (non-hydrogen) atoms. The van der Waals surface area contributed by atoms with E-state index in [9.17, 15) is 18.0 Å². The largest absolute Gasteiger partial charge is 0.490 e. The topological polar surface area (TPSA) is 146 Å². The Hall–Kier alpha value is -2.33. The maximum absolute atomic E-state index is 10.6. The van der Waals surface area contributed by atoms with Gasteiger partial charge in [0.2, 0.25) is 5.69 Å². The lowest BCUT2D eigenvalue weighted by atomic mass is 10.4. The zero-order valence-electron chi connectivity index (χ0n) is 7.33. The summed E-state index contributed by atoms with van der Waals surface area (Å²) in [6, 6.07) is 0. The molecule has 0 aromatic carbocycles. The standard InChI is InChI=1S/C3H4N4O2.C2HF3O2/c4-2(5)1-3(8)7-9-6-1;3-2(4,5)1(6)7/h(H3,4,5)(H,7,8);(H,6,7). The first-order valence-electron chi connectivity index (χ1n) is 3.35. The number of aromatic nitrogens is 2. The van der Waals surface area contributed by atoms with Crippen molar-refractivity contribution in [3.63, 3.8) is 0 Å². The van der Waals surface area contributed by atoms with Gasteiger partial charge >= 0.3 is 17.7 Å². The molecular weight excluding hydrogens is 237 g/mol. The predicted molar refractivity (Wildman–Crippen MR) is 41.8 cm³/mol. The van der Waals surface area contributed by atoms with Gasteiger partial charge in [-0.2, -0.15) is 18.3 Å². The SMILES string of the molecule is N=C(N)c1no[nH]c1=O.O=C(O)C(F)(F)F. The molecule has 90 valence electrons. The summed E-state index contributed by atoms with van der Waals surface area (Å²) in [5, 5.41) is 18.9. The van der Waals surface area contributed by atoms with Crippen LogP contribution in [0.3, 0.4) is 0 Å². The molecule has 0 spiro atoms. The molecular formula is C5H5F3N4O4. The van der Waals surface area contributed by atoms with Crippen LogP contribution in [0.1, 0.15) is 5.69 Å². The number of carboxylic acids is 1. The summed E-state index contributed by atoms with van der Waals surface area (Å²) in [5.74, 6) is -3.16. The first-order chi connectivity index (χ1) is 7.16. The minimum atomic E-state index is -5.08. The van der Waals surface area contributed by atoms with Crippen molar-refractivity contribution in [2.75, 3.05) is 0 Å². The molecule has 0 aliphatic rings.